The maximum absolute atomic E-state index is 13.5. The van der Waals surface area contributed by atoms with Crippen LogP contribution in [0.3, 0.4) is 0 Å². The zero-order valence-corrected chi connectivity index (χ0v) is 10.3. The molecule has 0 atom stereocenters. The van der Waals surface area contributed by atoms with E-state index >= 15 is 0 Å². The van der Waals surface area contributed by atoms with E-state index in [-0.39, 0.29) is 5.69 Å². The van der Waals surface area contributed by atoms with Crippen molar-refractivity contribution in [2.45, 2.75) is 12.8 Å². The van der Waals surface area contributed by atoms with Crippen molar-refractivity contribution in [3.8, 4) is 0 Å². The van der Waals surface area contributed by atoms with Gasteiger partial charge in [0.15, 0.2) is 11.6 Å². The van der Waals surface area contributed by atoms with Crippen LogP contribution in [0.15, 0.2) is 12.1 Å². The Morgan fingerprint density at radius 3 is 2.44 bits per heavy atom. The van der Waals surface area contributed by atoms with Crippen molar-refractivity contribution in [2.75, 3.05) is 23.5 Å². The van der Waals surface area contributed by atoms with Crippen molar-refractivity contribution in [1.29, 1.82) is 0 Å². The molecule has 18 heavy (non-hydrogen) atoms. The van der Waals surface area contributed by atoms with Crippen molar-refractivity contribution in [2.24, 2.45) is 0 Å². The lowest BCUT2D eigenvalue weighted by Crippen LogP contribution is -2.34. The van der Waals surface area contributed by atoms with E-state index in [4.69, 9.17) is 5.73 Å². The summed E-state index contributed by atoms with van der Waals surface area (Å²) in [4.78, 5) is 0. The molecule has 1 aliphatic rings. The summed E-state index contributed by atoms with van der Waals surface area (Å²) < 4.78 is 53.5. The van der Waals surface area contributed by atoms with Crippen LogP contribution >= 0.6 is 0 Å². The van der Waals surface area contributed by atoms with Gasteiger partial charge in [0, 0.05) is 13.1 Å². The Bertz CT molecular complexity index is 556. The number of rotatable bonds is 3. The first kappa shape index (κ1) is 13.0. The summed E-state index contributed by atoms with van der Waals surface area (Å²) in [6.07, 6.45) is 1.50. The Kier molecular flexibility index (Phi) is 3.40. The van der Waals surface area contributed by atoms with Gasteiger partial charge in [-0.3, -0.25) is 4.72 Å². The van der Waals surface area contributed by atoms with E-state index in [9.17, 15) is 17.2 Å². The average Bonchev–Trinajstić information content (AvgIpc) is 2.84. The molecule has 0 bridgehead atoms. The number of benzene rings is 1. The van der Waals surface area contributed by atoms with Gasteiger partial charge in [-0.25, -0.2) is 8.78 Å². The normalized spacial score (nSPS) is 17.0. The molecule has 0 radical (unpaired) electrons. The van der Waals surface area contributed by atoms with Crippen LogP contribution in [0.5, 0.6) is 0 Å². The van der Waals surface area contributed by atoms with Crippen LogP contribution in [0.2, 0.25) is 0 Å². The number of anilines is 2. The first-order chi connectivity index (χ1) is 8.42. The molecule has 0 saturated carbocycles. The van der Waals surface area contributed by atoms with Crippen molar-refractivity contribution in [1.82, 2.24) is 4.31 Å². The summed E-state index contributed by atoms with van der Waals surface area (Å²) >= 11 is 0. The SMILES string of the molecule is Nc1ccc(F)c(F)c1NS(=O)(=O)N1CCCC1. The summed E-state index contributed by atoms with van der Waals surface area (Å²) in [5.41, 5.74) is 4.75. The summed E-state index contributed by atoms with van der Waals surface area (Å²) in [6.45, 7) is 0.734. The van der Waals surface area contributed by atoms with E-state index < -0.39 is 27.5 Å². The second kappa shape index (κ2) is 4.69. The molecule has 1 aromatic rings. The highest BCUT2D eigenvalue weighted by molar-refractivity contribution is 7.90. The van der Waals surface area contributed by atoms with E-state index in [1.165, 1.54) is 4.31 Å². The van der Waals surface area contributed by atoms with E-state index in [0.717, 1.165) is 25.0 Å². The van der Waals surface area contributed by atoms with Crippen LogP contribution in [0, 0.1) is 11.6 Å². The molecular formula is C10H13F2N3O2S. The van der Waals surface area contributed by atoms with Crippen LogP contribution < -0.4 is 10.5 Å². The summed E-state index contributed by atoms with van der Waals surface area (Å²) in [7, 11) is -3.88. The summed E-state index contributed by atoms with van der Waals surface area (Å²) in [5, 5.41) is 0. The second-order valence-electron chi connectivity index (χ2n) is 4.04. The minimum absolute atomic E-state index is 0.156. The van der Waals surface area contributed by atoms with Gasteiger partial charge in [-0.2, -0.15) is 12.7 Å². The van der Waals surface area contributed by atoms with Gasteiger partial charge in [0.1, 0.15) is 5.69 Å². The van der Waals surface area contributed by atoms with Gasteiger partial charge in [-0.1, -0.05) is 0 Å². The molecule has 5 nitrogen and oxygen atoms in total. The van der Waals surface area contributed by atoms with E-state index in [2.05, 4.69) is 0 Å². The van der Waals surface area contributed by atoms with E-state index in [1.807, 2.05) is 4.72 Å². The van der Waals surface area contributed by atoms with E-state index in [0.29, 0.717) is 13.1 Å². The van der Waals surface area contributed by atoms with Gasteiger partial charge in [0.05, 0.1) is 5.69 Å². The zero-order valence-electron chi connectivity index (χ0n) is 9.49. The van der Waals surface area contributed by atoms with Crippen molar-refractivity contribution >= 4 is 21.6 Å². The number of nitrogens with one attached hydrogen (secondary N) is 1. The smallest absolute Gasteiger partial charge is 0.301 e. The van der Waals surface area contributed by atoms with Gasteiger partial charge in [-0.05, 0) is 25.0 Å². The van der Waals surface area contributed by atoms with Crippen LogP contribution in [0.25, 0.3) is 0 Å². The molecule has 0 aromatic heterocycles. The lowest BCUT2D eigenvalue weighted by Gasteiger charge is -2.18. The van der Waals surface area contributed by atoms with Crippen molar-refractivity contribution in [3.63, 3.8) is 0 Å². The van der Waals surface area contributed by atoms with Gasteiger partial charge in [0.25, 0.3) is 0 Å². The molecule has 0 spiro atoms. The fraction of sp³-hybridized carbons (Fsp3) is 0.400. The molecule has 0 unspecified atom stereocenters. The molecule has 0 amide bonds. The number of hydrogen-bond acceptors (Lipinski definition) is 3. The highest BCUT2D eigenvalue weighted by Crippen LogP contribution is 2.27. The minimum atomic E-state index is -3.88. The topological polar surface area (TPSA) is 75.4 Å². The maximum Gasteiger partial charge on any atom is 0.301 e. The molecule has 1 fully saturated rings. The third-order valence-electron chi connectivity index (χ3n) is 2.76. The predicted octanol–water partition coefficient (Wildman–Crippen LogP) is 1.30. The molecule has 8 heteroatoms. The summed E-state index contributed by atoms with van der Waals surface area (Å²) in [5.74, 6) is -2.44. The predicted molar refractivity (Wildman–Crippen MR) is 64.1 cm³/mol. The van der Waals surface area contributed by atoms with Crippen LogP contribution in [-0.4, -0.2) is 25.8 Å². The lowest BCUT2D eigenvalue weighted by atomic mass is 10.2. The molecule has 1 saturated heterocycles. The number of nitrogens with zero attached hydrogens (tertiary/aromatic N) is 1. The largest absolute Gasteiger partial charge is 0.397 e. The third kappa shape index (κ3) is 2.39. The number of hydrogen-bond donors (Lipinski definition) is 2. The summed E-state index contributed by atoms with van der Waals surface area (Å²) in [6, 6.07) is 1.96. The quantitative estimate of drug-likeness (QED) is 0.818. The van der Waals surface area contributed by atoms with Crippen molar-refractivity contribution in [3.05, 3.63) is 23.8 Å². The molecule has 2 rings (SSSR count). The number of nitrogens with two attached hydrogens (primary N) is 1. The fourth-order valence-electron chi connectivity index (χ4n) is 1.79. The average molecular weight is 277 g/mol. The van der Waals surface area contributed by atoms with Gasteiger partial charge in [0.2, 0.25) is 0 Å². The van der Waals surface area contributed by atoms with Crippen LogP contribution in [0.1, 0.15) is 12.8 Å². The molecule has 3 N–H and O–H groups in total. The van der Waals surface area contributed by atoms with Gasteiger partial charge < -0.3 is 5.73 Å². The Hall–Kier alpha value is -1.41. The Labute approximate surface area is 104 Å². The fourth-order valence-corrected chi connectivity index (χ4v) is 3.12. The molecule has 1 heterocycles. The maximum atomic E-state index is 13.5. The molecule has 1 aliphatic heterocycles. The van der Waals surface area contributed by atoms with Crippen LogP contribution in [0.4, 0.5) is 20.2 Å². The minimum Gasteiger partial charge on any atom is -0.397 e. The zero-order chi connectivity index (χ0) is 13.3. The second-order valence-corrected chi connectivity index (χ2v) is 5.71. The number of halogens is 2. The first-order valence-corrected chi connectivity index (χ1v) is 6.87. The van der Waals surface area contributed by atoms with Crippen molar-refractivity contribution < 1.29 is 17.2 Å². The lowest BCUT2D eigenvalue weighted by molar-refractivity contribution is 0.481. The number of nitrogen functional groups attached to an aromatic ring is 1. The highest BCUT2D eigenvalue weighted by atomic mass is 32.2. The Balaban J connectivity index is 2.31. The molecule has 100 valence electrons. The molecule has 1 aromatic carbocycles. The monoisotopic (exact) mass is 277 g/mol. The Morgan fingerprint density at radius 1 is 1.22 bits per heavy atom. The molecular weight excluding hydrogens is 264 g/mol. The van der Waals surface area contributed by atoms with Gasteiger partial charge >= 0.3 is 10.2 Å². The standard InChI is InChI=1S/C10H13F2N3O2S/c11-7-3-4-8(13)10(9(7)12)14-18(16,17)15-5-1-2-6-15/h3-4,14H,1-2,5-6,13H2. The first-order valence-electron chi connectivity index (χ1n) is 5.43. The highest BCUT2D eigenvalue weighted by Gasteiger charge is 2.27. The van der Waals surface area contributed by atoms with Crippen LogP contribution in [-0.2, 0) is 10.2 Å². The molecule has 0 aliphatic carbocycles. The third-order valence-corrected chi connectivity index (χ3v) is 4.27. The Morgan fingerprint density at radius 2 is 1.83 bits per heavy atom. The van der Waals surface area contributed by atoms with E-state index in [1.54, 1.807) is 0 Å². The van der Waals surface area contributed by atoms with Gasteiger partial charge in [-0.15, -0.1) is 0 Å².